The average molecular weight is 349 g/mol. The van der Waals surface area contributed by atoms with Gasteiger partial charge in [0.25, 0.3) is 0 Å². The molecule has 0 N–H and O–H groups in total. The van der Waals surface area contributed by atoms with E-state index in [-0.39, 0.29) is 18.4 Å². The van der Waals surface area contributed by atoms with Crippen molar-refractivity contribution in [3.8, 4) is 0 Å². The Morgan fingerprint density at radius 3 is 2.57 bits per heavy atom. The van der Waals surface area contributed by atoms with E-state index < -0.39 is 0 Å². The molecule has 23 heavy (non-hydrogen) atoms. The smallest absolute Gasteiger partial charge is 0.242 e. The normalized spacial score (nSPS) is 15.1. The minimum absolute atomic E-state index is 0.00938. The van der Waals surface area contributed by atoms with Crippen LogP contribution in [-0.4, -0.2) is 41.2 Å². The van der Waals surface area contributed by atoms with Gasteiger partial charge in [-0.15, -0.1) is 0 Å². The maximum absolute atomic E-state index is 12.3. The molecule has 2 heterocycles. The molecule has 1 aromatic heterocycles. The Kier molecular flexibility index (Phi) is 4.98. The lowest BCUT2D eigenvalue weighted by atomic mass is 10.1. The van der Waals surface area contributed by atoms with Crippen LogP contribution in [0.5, 0.6) is 0 Å². The van der Waals surface area contributed by atoms with Crippen LogP contribution in [0.4, 0.5) is 0 Å². The van der Waals surface area contributed by atoms with E-state index in [0.717, 1.165) is 11.1 Å². The maximum atomic E-state index is 12.3. The summed E-state index contributed by atoms with van der Waals surface area (Å²) < 4.78 is 0. The van der Waals surface area contributed by atoms with E-state index in [4.69, 9.17) is 11.6 Å². The number of rotatable bonds is 4. The quantitative estimate of drug-likeness (QED) is 0.852. The van der Waals surface area contributed by atoms with Gasteiger partial charge < -0.3 is 9.80 Å². The highest BCUT2D eigenvalue weighted by molar-refractivity contribution is 7.08. The largest absolute Gasteiger partial charge is 0.335 e. The zero-order chi connectivity index (χ0) is 16.2. The molecule has 2 aromatic rings. The number of hydrogen-bond donors (Lipinski definition) is 0. The van der Waals surface area contributed by atoms with Crippen molar-refractivity contribution in [1.29, 1.82) is 0 Å². The fourth-order valence-electron chi connectivity index (χ4n) is 2.58. The Morgan fingerprint density at radius 1 is 1.13 bits per heavy atom. The summed E-state index contributed by atoms with van der Waals surface area (Å²) in [4.78, 5) is 28.0. The molecule has 1 aliphatic heterocycles. The van der Waals surface area contributed by atoms with Crippen molar-refractivity contribution in [2.24, 2.45) is 0 Å². The Hall–Kier alpha value is -1.85. The van der Waals surface area contributed by atoms with E-state index in [1.165, 1.54) is 0 Å². The number of carbonyl (C=O) groups is 2. The second kappa shape index (κ2) is 7.15. The Bertz CT molecular complexity index is 685. The summed E-state index contributed by atoms with van der Waals surface area (Å²) in [5, 5.41) is 4.61. The predicted octanol–water partition coefficient (Wildman–Crippen LogP) is 2.82. The van der Waals surface area contributed by atoms with Crippen LogP contribution < -0.4 is 0 Å². The van der Waals surface area contributed by atoms with Crippen LogP contribution in [-0.2, 0) is 22.6 Å². The van der Waals surface area contributed by atoms with E-state index in [0.29, 0.717) is 31.1 Å². The molecule has 1 saturated heterocycles. The number of carbonyl (C=O) groups excluding carboxylic acids is 2. The first-order valence-corrected chi connectivity index (χ1v) is 8.75. The average Bonchev–Trinajstić information content (AvgIpc) is 3.04. The molecule has 0 bridgehead atoms. The highest BCUT2D eigenvalue weighted by Gasteiger charge is 2.27. The van der Waals surface area contributed by atoms with Crippen molar-refractivity contribution in [1.82, 2.24) is 9.80 Å². The van der Waals surface area contributed by atoms with Crippen LogP contribution in [0.15, 0.2) is 41.1 Å². The molecule has 1 aliphatic rings. The van der Waals surface area contributed by atoms with E-state index in [1.807, 2.05) is 41.1 Å². The van der Waals surface area contributed by atoms with Crippen molar-refractivity contribution in [3.05, 3.63) is 57.2 Å². The molecule has 0 atom stereocenters. The maximum Gasteiger partial charge on any atom is 0.242 e. The molecule has 0 spiro atoms. The second-order valence-electron chi connectivity index (χ2n) is 5.57. The molecule has 120 valence electrons. The van der Waals surface area contributed by atoms with Gasteiger partial charge in [0.05, 0.1) is 13.0 Å². The van der Waals surface area contributed by atoms with E-state index in [9.17, 15) is 9.59 Å². The number of halogens is 1. The molecule has 3 rings (SSSR count). The van der Waals surface area contributed by atoms with Crippen molar-refractivity contribution in [3.63, 3.8) is 0 Å². The van der Waals surface area contributed by atoms with Gasteiger partial charge in [-0.25, -0.2) is 0 Å². The van der Waals surface area contributed by atoms with Crippen LogP contribution >= 0.6 is 22.9 Å². The van der Waals surface area contributed by atoms with Crippen molar-refractivity contribution < 1.29 is 9.59 Å². The third kappa shape index (κ3) is 4.12. The Labute approximate surface area is 144 Å². The second-order valence-corrected chi connectivity index (χ2v) is 6.78. The molecule has 1 fully saturated rings. The van der Waals surface area contributed by atoms with Crippen molar-refractivity contribution in [2.75, 3.05) is 19.6 Å². The molecule has 2 amide bonds. The van der Waals surface area contributed by atoms with Crippen LogP contribution in [0.25, 0.3) is 0 Å². The first-order valence-electron chi connectivity index (χ1n) is 7.43. The van der Waals surface area contributed by atoms with Gasteiger partial charge in [-0.05, 0) is 40.1 Å². The number of piperazine rings is 1. The minimum Gasteiger partial charge on any atom is -0.335 e. The summed E-state index contributed by atoms with van der Waals surface area (Å²) in [7, 11) is 0. The number of amides is 2. The molecule has 6 heteroatoms. The third-order valence-corrected chi connectivity index (χ3v) is 4.88. The molecule has 4 nitrogen and oxygen atoms in total. The summed E-state index contributed by atoms with van der Waals surface area (Å²) >= 11 is 7.45. The van der Waals surface area contributed by atoms with Gasteiger partial charge in [0.1, 0.15) is 0 Å². The van der Waals surface area contributed by atoms with Crippen LogP contribution in [0.2, 0.25) is 5.02 Å². The van der Waals surface area contributed by atoms with E-state index in [1.54, 1.807) is 21.1 Å². The van der Waals surface area contributed by atoms with Gasteiger partial charge in [0, 0.05) is 24.7 Å². The molecular formula is C17H17ClN2O2S. The highest BCUT2D eigenvalue weighted by atomic mass is 35.5. The first-order chi connectivity index (χ1) is 11.1. The zero-order valence-corrected chi connectivity index (χ0v) is 14.1. The van der Waals surface area contributed by atoms with Crippen LogP contribution in [0.3, 0.4) is 0 Å². The molecular weight excluding hydrogens is 332 g/mol. The number of benzene rings is 1. The fraction of sp³-hybridized carbons (Fsp3) is 0.294. The number of thiophene rings is 1. The van der Waals surface area contributed by atoms with Gasteiger partial charge in [0.2, 0.25) is 11.8 Å². The number of nitrogens with zero attached hydrogens (tertiary/aromatic N) is 2. The lowest BCUT2D eigenvalue weighted by Gasteiger charge is -2.34. The summed E-state index contributed by atoms with van der Waals surface area (Å²) in [6.07, 6.45) is 0.369. The summed E-state index contributed by atoms with van der Waals surface area (Å²) in [5.74, 6) is 0.00719. The lowest BCUT2D eigenvalue weighted by Crippen LogP contribution is -2.52. The molecule has 0 saturated carbocycles. The zero-order valence-electron chi connectivity index (χ0n) is 12.6. The van der Waals surface area contributed by atoms with Crippen molar-refractivity contribution in [2.45, 2.75) is 13.0 Å². The molecule has 1 aromatic carbocycles. The van der Waals surface area contributed by atoms with E-state index >= 15 is 0 Å². The topological polar surface area (TPSA) is 40.6 Å². The first kappa shape index (κ1) is 16.0. The SMILES string of the molecule is O=C(Cc1ccsc1)N1CCN(Cc2ccc(Cl)cc2)C(=O)C1. The van der Waals surface area contributed by atoms with Crippen molar-refractivity contribution >= 4 is 34.8 Å². The Balaban J connectivity index is 1.55. The van der Waals surface area contributed by atoms with Gasteiger partial charge in [-0.1, -0.05) is 23.7 Å². The minimum atomic E-state index is -0.00938. The van der Waals surface area contributed by atoms with Gasteiger partial charge >= 0.3 is 0 Å². The van der Waals surface area contributed by atoms with Crippen LogP contribution in [0, 0.1) is 0 Å². The number of hydrogen-bond acceptors (Lipinski definition) is 3. The summed E-state index contributed by atoms with van der Waals surface area (Å²) in [6, 6.07) is 9.43. The third-order valence-electron chi connectivity index (χ3n) is 3.89. The fourth-order valence-corrected chi connectivity index (χ4v) is 3.37. The Morgan fingerprint density at radius 2 is 1.91 bits per heavy atom. The predicted molar refractivity (Wildman–Crippen MR) is 91.5 cm³/mol. The molecule has 0 aliphatic carbocycles. The highest BCUT2D eigenvalue weighted by Crippen LogP contribution is 2.15. The lowest BCUT2D eigenvalue weighted by molar-refractivity contribution is -0.145. The van der Waals surface area contributed by atoms with Gasteiger partial charge in [-0.2, -0.15) is 11.3 Å². The summed E-state index contributed by atoms with van der Waals surface area (Å²) in [5.41, 5.74) is 2.05. The van der Waals surface area contributed by atoms with E-state index in [2.05, 4.69) is 0 Å². The molecule has 0 radical (unpaired) electrons. The summed E-state index contributed by atoms with van der Waals surface area (Å²) in [6.45, 7) is 1.87. The molecule has 0 unspecified atom stereocenters. The van der Waals surface area contributed by atoms with Crippen LogP contribution in [0.1, 0.15) is 11.1 Å². The van der Waals surface area contributed by atoms with Gasteiger partial charge in [-0.3, -0.25) is 9.59 Å². The monoisotopic (exact) mass is 348 g/mol. The standard InChI is InChI=1S/C17H17ClN2O2S/c18-15-3-1-13(2-4-15)10-19-6-7-20(11-17(19)22)16(21)9-14-5-8-23-12-14/h1-5,8,12H,6-7,9-11H2. The van der Waals surface area contributed by atoms with Gasteiger partial charge in [0.15, 0.2) is 0 Å².